The lowest BCUT2D eigenvalue weighted by Crippen LogP contribution is -2.47. The highest BCUT2D eigenvalue weighted by molar-refractivity contribution is 7.92. The molecular weight excluding hydrogens is 485 g/mol. The normalized spacial score (nSPS) is 12.2. The van der Waals surface area contributed by atoms with Gasteiger partial charge in [0.05, 0.1) is 11.9 Å². The van der Waals surface area contributed by atoms with Crippen LogP contribution < -0.4 is 9.62 Å². The molecule has 0 spiro atoms. The van der Waals surface area contributed by atoms with E-state index in [0.717, 1.165) is 11.8 Å². The number of sulfonamides is 1. The van der Waals surface area contributed by atoms with E-state index in [4.69, 9.17) is 23.2 Å². The molecule has 1 N–H and O–H groups in total. The summed E-state index contributed by atoms with van der Waals surface area (Å²) in [5.74, 6) is -0.500. The topological polar surface area (TPSA) is 86.8 Å². The highest BCUT2D eigenvalue weighted by Crippen LogP contribution is 2.22. The lowest BCUT2D eigenvalue weighted by atomic mass is 10.1. The van der Waals surface area contributed by atoms with Gasteiger partial charge in [-0.15, -0.1) is 0 Å². The summed E-state index contributed by atoms with van der Waals surface area (Å²) in [6.07, 6.45) is 1.46. The second kappa shape index (κ2) is 12.3. The Labute approximate surface area is 205 Å². The van der Waals surface area contributed by atoms with Crippen molar-refractivity contribution < 1.29 is 18.0 Å². The van der Waals surface area contributed by atoms with Gasteiger partial charge >= 0.3 is 0 Å². The van der Waals surface area contributed by atoms with Crippen LogP contribution in [0.2, 0.25) is 10.0 Å². The van der Waals surface area contributed by atoms with Gasteiger partial charge in [-0.05, 0) is 56.2 Å². The van der Waals surface area contributed by atoms with E-state index in [0.29, 0.717) is 22.3 Å². The zero-order valence-electron chi connectivity index (χ0n) is 18.9. The van der Waals surface area contributed by atoms with Crippen molar-refractivity contribution in [2.45, 2.75) is 39.3 Å². The molecule has 0 aliphatic rings. The molecule has 10 heteroatoms. The van der Waals surface area contributed by atoms with Crippen LogP contribution in [0.4, 0.5) is 5.69 Å². The fourth-order valence-electron chi connectivity index (χ4n) is 3.33. The fourth-order valence-corrected chi connectivity index (χ4v) is 4.59. The van der Waals surface area contributed by atoms with Crippen molar-refractivity contribution in [1.29, 1.82) is 0 Å². The summed E-state index contributed by atoms with van der Waals surface area (Å²) in [4.78, 5) is 27.1. The predicted molar refractivity (Wildman–Crippen MR) is 133 cm³/mol. The van der Waals surface area contributed by atoms with Crippen molar-refractivity contribution in [2.24, 2.45) is 0 Å². The van der Waals surface area contributed by atoms with E-state index in [1.807, 2.05) is 6.92 Å². The summed E-state index contributed by atoms with van der Waals surface area (Å²) < 4.78 is 25.9. The fraction of sp³-hybridized carbons (Fsp3) is 0.391. The number of amides is 2. The summed E-state index contributed by atoms with van der Waals surface area (Å²) in [6.45, 7) is 4.28. The van der Waals surface area contributed by atoms with Gasteiger partial charge in [0.15, 0.2) is 0 Å². The van der Waals surface area contributed by atoms with Crippen LogP contribution in [0.1, 0.15) is 32.3 Å². The first-order chi connectivity index (χ1) is 15.5. The molecule has 0 radical (unpaired) electrons. The van der Waals surface area contributed by atoms with Gasteiger partial charge in [0.25, 0.3) is 0 Å². The van der Waals surface area contributed by atoms with E-state index in [2.05, 4.69) is 5.32 Å². The number of halogens is 2. The molecule has 0 aromatic heterocycles. The molecule has 2 aromatic rings. The molecule has 7 nitrogen and oxygen atoms in total. The van der Waals surface area contributed by atoms with E-state index < -0.39 is 16.1 Å². The molecule has 0 aliphatic heterocycles. The molecule has 0 saturated carbocycles. The summed E-state index contributed by atoms with van der Waals surface area (Å²) >= 11 is 12.0. The van der Waals surface area contributed by atoms with Crippen molar-refractivity contribution in [2.75, 3.05) is 23.7 Å². The average molecular weight is 514 g/mol. The standard InChI is InChI=1S/C23H29Cl2N3O4S/c1-4-26-23(30)17(2)27(16-18-10-12-19(24)13-11-18)22(29)9-6-14-28(33(3,31)32)21-8-5-7-20(25)15-21/h5,7-8,10-13,15,17H,4,6,9,14,16H2,1-3H3,(H,26,30)/t17-/m0/s1. The van der Waals surface area contributed by atoms with Crippen LogP contribution >= 0.6 is 23.2 Å². The van der Waals surface area contributed by atoms with Gasteiger partial charge in [-0.25, -0.2) is 8.42 Å². The van der Waals surface area contributed by atoms with Gasteiger partial charge < -0.3 is 10.2 Å². The predicted octanol–water partition coefficient (Wildman–Crippen LogP) is 4.09. The molecule has 0 saturated heterocycles. The zero-order valence-corrected chi connectivity index (χ0v) is 21.3. The van der Waals surface area contributed by atoms with Gasteiger partial charge in [-0.1, -0.05) is 41.4 Å². The highest BCUT2D eigenvalue weighted by Gasteiger charge is 2.26. The number of anilines is 1. The number of nitrogens with one attached hydrogen (secondary N) is 1. The Morgan fingerprint density at radius 2 is 1.73 bits per heavy atom. The molecule has 0 bridgehead atoms. The molecule has 33 heavy (non-hydrogen) atoms. The van der Waals surface area contributed by atoms with Crippen LogP contribution in [-0.4, -0.2) is 50.5 Å². The van der Waals surface area contributed by atoms with Crippen molar-refractivity contribution in [1.82, 2.24) is 10.2 Å². The monoisotopic (exact) mass is 513 g/mol. The number of rotatable bonds is 11. The Bertz CT molecular complexity index is 1060. The molecular formula is C23H29Cl2N3O4S. The van der Waals surface area contributed by atoms with Crippen LogP contribution in [0.15, 0.2) is 48.5 Å². The van der Waals surface area contributed by atoms with Crippen LogP contribution in [0, 0.1) is 0 Å². The summed E-state index contributed by atoms with van der Waals surface area (Å²) in [6, 6.07) is 12.9. The van der Waals surface area contributed by atoms with E-state index in [1.165, 1.54) is 9.21 Å². The maximum Gasteiger partial charge on any atom is 0.242 e. The number of carbonyl (C=O) groups excluding carboxylic acids is 2. The lowest BCUT2D eigenvalue weighted by molar-refractivity contribution is -0.140. The minimum Gasteiger partial charge on any atom is -0.355 e. The van der Waals surface area contributed by atoms with E-state index >= 15 is 0 Å². The first-order valence-electron chi connectivity index (χ1n) is 10.6. The third kappa shape index (κ3) is 8.21. The largest absolute Gasteiger partial charge is 0.355 e. The molecule has 2 rings (SSSR count). The maximum atomic E-state index is 13.1. The Balaban J connectivity index is 2.14. The van der Waals surface area contributed by atoms with E-state index in [1.54, 1.807) is 55.5 Å². The van der Waals surface area contributed by atoms with Crippen LogP contribution in [0.25, 0.3) is 0 Å². The quantitative estimate of drug-likeness (QED) is 0.490. The van der Waals surface area contributed by atoms with Gasteiger partial charge in [0, 0.05) is 36.1 Å². The average Bonchev–Trinajstić information content (AvgIpc) is 2.75. The minimum absolute atomic E-state index is 0.0733. The second-order valence-electron chi connectivity index (χ2n) is 7.64. The van der Waals surface area contributed by atoms with E-state index in [9.17, 15) is 18.0 Å². The van der Waals surface area contributed by atoms with Crippen molar-refractivity contribution in [3.8, 4) is 0 Å². The minimum atomic E-state index is -3.57. The van der Waals surface area contributed by atoms with E-state index in [-0.39, 0.29) is 37.7 Å². The van der Waals surface area contributed by atoms with Crippen LogP contribution in [-0.2, 0) is 26.2 Å². The summed E-state index contributed by atoms with van der Waals surface area (Å²) in [5, 5.41) is 3.74. The maximum absolute atomic E-state index is 13.1. The van der Waals surface area contributed by atoms with Crippen molar-refractivity contribution in [3.63, 3.8) is 0 Å². The van der Waals surface area contributed by atoms with Crippen molar-refractivity contribution in [3.05, 3.63) is 64.1 Å². The SMILES string of the molecule is CCNC(=O)[C@H](C)N(Cc1ccc(Cl)cc1)C(=O)CCCN(c1cccc(Cl)c1)S(C)(=O)=O. The van der Waals surface area contributed by atoms with Gasteiger partial charge in [-0.2, -0.15) is 0 Å². The van der Waals surface area contributed by atoms with Gasteiger partial charge in [0.2, 0.25) is 21.8 Å². The number of benzene rings is 2. The first kappa shape index (κ1) is 27.0. The number of carbonyl (C=O) groups is 2. The Morgan fingerprint density at radius 3 is 2.30 bits per heavy atom. The van der Waals surface area contributed by atoms with Gasteiger partial charge in [-0.3, -0.25) is 13.9 Å². The Kier molecular flexibility index (Phi) is 10.0. The summed E-state index contributed by atoms with van der Waals surface area (Å²) in [7, 11) is -3.57. The first-order valence-corrected chi connectivity index (χ1v) is 13.2. The molecule has 180 valence electrons. The third-order valence-electron chi connectivity index (χ3n) is 5.03. The second-order valence-corrected chi connectivity index (χ2v) is 10.4. The van der Waals surface area contributed by atoms with Crippen LogP contribution in [0.5, 0.6) is 0 Å². The number of hydrogen-bond donors (Lipinski definition) is 1. The lowest BCUT2D eigenvalue weighted by Gasteiger charge is -2.29. The third-order valence-corrected chi connectivity index (χ3v) is 6.71. The van der Waals surface area contributed by atoms with Crippen molar-refractivity contribution >= 4 is 50.7 Å². The molecule has 1 atom stereocenters. The summed E-state index contributed by atoms with van der Waals surface area (Å²) in [5.41, 5.74) is 1.27. The molecule has 2 aromatic carbocycles. The Hall–Kier alpha value is -2.29. The molecule has 0 unspecified atom stereocenters. The molecule has 0 aliphatic carbocycles. The molecule has 0 heterocycles. The number of likely N-dealkylation sites (N-methyl/N-ethyl adjacent to an activating group) is 1. The smallest absolute Gasteiger partial charge is 0.242 e. The number of nitrogens with zero attached hydrogens (tertiary/aromatic N) is 2. The Morgan fingerprint density at radius 1 is 1.06 bits per heavy atom. The molecule has 0 fully saturated rings. The van der Waals surface area contributed by atoms with Gasteiger partial charge in [0.1, 0.15) is 6.04 Å². The number of hydrogen-bond acceptors (Lipinski definition) is 4. The van der Waals surface area contributed by atoms with Crippen LogP contribution in [0.3, 0.4) is 0 Å². The highest BCUT2D eigenvalue weighted by atomic mass is 35.5. The zero-order chi connectivity index (χ0) is 24.6. The molecule has 2 amide bonds.